The van der Waals surface area contributed by atoms with Gasteiger partial charge in [0, 0.05) is 12.2 Å². The molecule has 0 heterocycles. The van der Waals surface area contributed by atoms with Gasteiger partial charge >= 0.3 is 0 Å². The van der Waals surface area contributed by atoms with Crippen LogP contribution in [0, 0.1) is 23.7 Å². The fourth-order valence-corrected chi connectivity index (χ4v) is 4.42. The van der Waals surface area contributed by atoms with Crippen LogP contribution in [0.2, 0.25) is 0 Å². The molecule has 0 N–H and O–H groups in total. The van der Waals surface area contributed by atoms with E-state index in [9.17, 15) is 0 Å². The Hall–Kier alpha value is -1.52. The summed E-state index contributed by atoms with van der Waals surface area (Å²) in [6.07, 6.45) is 15.2. The average molecular weight is 351 g/mol. The second-order valence-electron chi connectivity index (χ2n) is 8.20. The van der Waals surface area contributed by atoms with Crippen LogP contribution in [0.3, 0.4) is 0 Å². The summed E-state index contributed by atoms with van der Waals surface area (Å²) in [5.74, 6) is 8.88. The summed E-state index contributed by atoms with van der Waals surface area (Å²) in [5, 5.41) is 0. The van der Waals surface area contributed by atoms with Gasteiger partial charge in [0.15, 0.2) is 0 Å². The van der Waals surface area contributed by atoms with Crippen molar-refractivity contribution in [2.75, 3.05) is 6.61 Å². The highest BCUT2D eigenvalue weighted by atomic mass is 16.5. The predicted molar refractivity (Wildman–Crippen MR) is 110 cm³/mol. The lowest BCUT2D eigenvalue weighted by atomic mass is 9.82. The van der Waals surface area contributed by atoms with Crippen LogP contribution in [0.5, 0.6) is 0 Å². The van der Waals surface area contributed by atoms with Crippen molar-refractivity contribution in [3.8, 4) is 11.8 Å². The highest BCUT2D eigenvalue weighted by molar-refractivity contribution is 5.39. The van der Waals surface area contributed by atoms with E-state index in [0.717, 1.165) is 24.0 Å². The fraction of sp³-hybridized carbons (Fsp3) is 0.600. The molecule has 0 aromatic heterocycles. The molecule has 26 heavy (non-hydrogen) atoms. The number of ether oxygens (including phenoxy) is 1. The van der Waals surface area contributed by atoms with E-state index in [2.05, 4.69) is 62.1 Å². The van der Waals surface area contributed by atoms with Crippen LogP contribution in [-0.2, 0) is 4.74 Å². The Bertz CT molecular complexity index is 614. The third-order valence-corrected chi connectivity index (χ3v) is 6.19. The van der Waals surface area contributed by atoms with Gasteiger partial charge in [0.05, 0.1) is 6.10 Å². The predicted octanol–water partition coefficient (Wildman–Crippen LogP) is 6.48. The van der Waals surface area contributed by atoms with Gasteiger partial charge in [-0.1, -0.05) is 49.8 Å². The topological polar surface area (TPSA) is 9.23 Å². The van der Waals surface area contributed by atoms with E-state index < -0.39 is 0 Å². The Morgan fingerprint density at radius 1 is 0.962 bits per heavy atom. The van der Waals surface area contributed by atoms with E-state index in [-0.39, 0.29) is 0 Å². The van der Waals surface area contributed by atoms with Gasteiger partial charge in [0.1, 0.15) is 0 Å². The molecule has 0 amide bonds. The quantitative estimate of drug-likeness (QED) is 0.564. The van der Waals surface area contributed by atoms with Crippen molar-refractivity contribution in [2.45, 2.75) is 77.2 Å². The molecule has 1 nitrogen and oxygen atoms in total. The van der Waals surface area contributed by atoms with Crippen molar-refractivity contribution in [3.63, 3.8) is 0 Å². The van der Waals surface area contributed by atoms with Crippen molar-refractivity contribution < 1.29 is 4.74 Å². The zero-order chi connectivity index (χ0) is 18.2. The first-order valence-electron chi connectivity index (χ1n) is 10.6. The lowest BCUT2D eigenvalue weighted by Gasteiger charge is -2.28. The van der Waals surface area contributed by atoms with Crippen LogP contribution in [0.25, 0.3) is 0 Å². The second-order valence-corrected chi connectivity index (χ2v) is 8.20. The summed E-state index contributed by atoms with van der Waals surface area (Å²) in [5.41, 5.74) is 2.59. The molecular weight excluding hydrogens is 316 g/mol. The molecule has 2 saturated carbocycles. The Balaban J connectivity index is 1.48. The van der Waals surface area contributed by atoms with Gasteiger partial charge < -0.3 is 4.74 Å². The molecule has 0 aliphatic heterocycles. The standard InChI is InChI=1S/C25H34O/c1-3-26-25-18-16-24(17-19-25)23-14-12-22(13-15-23)7-5-4-6-21-10-8-20(2)9-11-21/h4,6,12-15,20-21,24-25H,3,8-11,16-19H2,1-2H3. The average Bonchev–Trinajstić information content (AvgIpc) is 2.68. The van der Waals surface area contributed by atoms with Crippen molar-refractivity contribution in [3.05, 3.63) is 47.5 Å². The van der Waals surface area contributed by atoms with Gasteiger partial charge in [0.25, 0.3) is 0 Å². The minimum atomic E-state index is 0.487. The van der Waals surface area contributed by atoms with Crippen LogP contribution in [0.15, 0.2) is 36.4 Å². The number of allylic oxidation sites excluding steroid dienone is 2. The summed E-state index contributed by atoms with van der Waals surface area (Å²) in [7, 11) is 0. The van der Waals surface area contributed by atoms with E-state index in [1.165, 1.54) is 56.9 Å². The zero-order valence-electron chi connectivity index (χ0n) is 16.5. The highest BCUT2D eigenvalue weighted by Gasteiger charge is 2.22. The molecule has 0 unspecified atom stereocenters. The Morgan fingerprint density at radius 2 is 1.65 bits per heavy atom. The SMILES string of the molecule is CCOC1CCC(c2ccc(C#CC=CC3CCC(C)CC3)cc2)CC1. The van der Waals surface area contributed by atoms with Crippen LogP contribution in [0.1, 0.15) is 82.3 Å². The molecule has 0 radical (unpaired) electrons. The van der Waals surface area contributed by atoms with E-state index in [1.807, 2.05) is 0 Å². The number of benzene rings is 1. The Labute approximate surface area is 160 Å². The number of rotatable bonds is 4. The minimum Gasteiger partial charge on any atom is -0.379 e. The normalized spacial score (nSPS) is 29.3. The van der Waals surface area contributed by atoms with Crippen molar-refractivity contribution >= 4 is 0 Å². The lowest BCUT2D eigenvalue weighted by molar-refractivity contribution is 0.0328. The van der Waals surface area contributed by atoms with Gasteiger partial charge in [-0.3, -0.25) is 0 Å². The van der Waals surface area contributed by atoms with Gasteiger partial charge in [-0.05, 0) is 87.0 Å². The maximum atomic E-state index is 5.77. The van der Waals surface area contributed by atoms with Crippen molar-refractivity contribution in [1.82, 2.24) is 0 Å². The number of hydrogen-bond donors (Lipinski definition) is 0. The summed E-state index contributed by atoms with van der Waals surface area (Å²) in [6, 6.07) is 8.93. The zero-order valence-corrected chi connectivity index (χ0v) is 16.5. The smallest absolute Gasteiger partial charge is 0.0575 e. The van der Waals surface area contributed by atoms with Crippen LogP contribution < -0.4 is 0 Å². The molecular formula is C25H34O. The maximum absolute atomic E-state index is 5.77. The van der Waals surface area contributed by atoms with Crippen molar-refractivity contribution in [1.29, 1.82) is 0 Å². The van der Waals surface area contributed by atoms with Crippen LogP contribution in [-0.4, -0.2) is 12.7 Å². The summed E-state index contributed by atoms with van der Waals surface area (Å²) in [6.45, 7) is 5.31. The van der Waals surface area contributed by atoms with Gasteiger partial charge in [-0.25, -0.2) is 0 Å². The van der Waals surface area contributed by atoms with E-state index in [4.69, 9.17) is 4.74 Å². The monoisotopic (exact) mass is 350 g/mol. The van der Waals surface area contributed by atoms with Crippen LogP contribution >= 0.6 is 0 Å². The maximum Gasteiger partial charge on any atom is 0.0575 e. The van der Waals surface area contributed by atoms with Crippen molar-refractivity contribution in [2.24, 2.45) is 11.8 Å². The third-order valence-electron chi connectivity index (χ3n) is 6.19. The first-order chi connectivity index (χ1) is 12.7. The molecule has 1 aromatic carbocycles. The fourth-order valence-electron chi connectivity index (χ4n) is 4.42. The molecule has 2 fully saturated rings. The lowest BCUT2D eigenvalue weighted by Crippen LogP contribution is -2.20. The van der Waals surface area contributed by atoms with E-state index >= 15 is 0 Å². The first kappa shape index (κ1) is 19.2. The van der Waals surface area contributed by atoms with Gasteiger partial charge in [0.2, 0.25) is 0 Å². The summed E-state index contributed by atoms with van der Waals surface area (Å²) < 4.78 is 5.77. The van der Waals surface area contributed by atoms with E-state index in [1.54, 1.807) is 0 Å². The van der Waals surface area contributed by atoms with Gasteiger partial charge in [-0.2, -0.15) is 0 Å². The first-order valence-corrected chi connectivity index (χ1v) is 10.6. The highest BCUT2D eigenvalue weighted by Crippen LogP contribution is 2.34. The Kier molecular flexibility index (Phi) is 7.39. The van der Waals surface area contributed by atoms with E-state index in [0.29, 0.717) is 12.0 Å². The molecule has 3 rings (SSSR count). The number of hydrogen-bond acceptors (Lipinski definition) is 1. The minimum absolute atomic E-state index is 0.487. The molecule has 2 aliphatic carbocycles. The molecule has 1 heteroatoms. The molecule has 1 aromatic rings. The molecule has 140 valence electrons. The second kappa shape index (κ2) is 9.98. The third kappa shape index (κ3) is 5.75. The molecule has 0 bridgehead atoms. The largest absolute Gasteiger partial charge is 0.379 e. The molecule has 2 aliphatic rings. The van der Waals surface area contributed by atoms with Crippen LogP contribution in [0.4, 0.5) is 0 Å². The Morgan fingerprint density at radius 3 is 2.31 bits per heavy atom. The molecule has 0 spiro atoms. The summed E-state index contributed by atoms with van der Waals surface area (Å²) in [4.78, 5) is 0. The van der Waals surface area contributed by atoms with Gasteiger partial charge in [-0.15, -0.1) is 0 Å². The molecule has 0 atom stereocenters. The molecule has 0 saturated heterocycles. The summed E-state index contributed by atoms with van der Waals surface area (Å²) >= 11 is 0.